The molecule has 0 spiro atoms. The molecule has 0 fully saturated rings. The summed E-state index contributed by atoms with van der Waals surface area (Å²) in [6, 6.07) is 27.9. The standard InChI is InChI=1S/C21H21NO3S/c23-26(24,17-16-25-21-14-8-3-9-15-21)22(20-12-6-2-7-13-20)18-19-10-4-1-5-11-19/h1-15H,16-18H2. The van der Waals surface area contributed by atoms with Gasteiger partial charge in [-0.2, -0.15) is 0 Å². The van der Waals surface area contributed by atoms with Gasteiger partial charge in [0.15, 0.2) is 0 Å². The van der Waals surface area contributed by atoms with Gasteiger partial charge in [0.05, 0.1) is 12.2 Å². The molecule has 0 bridgehead atoms. The number of sulfonamides is 1. The van der Waals surface area contributed by atoms with Crippen LogP contribution in [0.3, 0.4) is 0 Å². The Morgan fingerprint density at radius 3 is 1.88 bits per heavy atom. The maximum absolute atomic E-state index is 13.0. The predicted molar refractivity (Wildman–Crippen MR) is 105 cm³/mol. The summed E-state index contributed by atoms with van der Waals surface area (Å²) in [5, 5.41) is 0. The SMILES string of the molecule is O=S(=O)(CCOc1ccccc1)N(Cc1ccccc1)c1ccccc1. The van der Waals surface area contributed by atoms with Crippen molar-refractivity contribution >= 4 is 15.7 Å². The molecule has 0 saturated carbocycles. The molecule has 3 rings (SSSR count). The highest BCUT2D eigenvalue weighted by molar-refractivity contribution is 7.92. The van der Waals surface area contributed by atoms with Crippen molar-refractivity contribution in [2.24, 2.45) is 0 Å². The lowest BCUT2D eigenvalue weighted by Gasteiger charge is -2.24. The van der Waals surface area contributed by atoms with Gasteiger partial charge in [-0.3, -0.25) is 4.31 Å². The molecule has 4 nitrogen and oxygen atoms in total. The molecule has 0 saturated heterocycles. The van der Waals surface area contributed by atoms with E-state index in [0.29, 0.717) is 18.0 Å². The van der Waals surface area contributed by atoms with Gasteiger partial charge < -0.3 is 4.74 Å². The minimum absolute atomic E-state index is 0.0936. The van der Waals surface area contributed by atoms with E-state index in [1.54, 1.807) is 12.1 Å². The molecule has 0 aromatic heterocycles. The molecule has 0 aliphatic rings. The van der Waals surface area contributed by atoms with Crippen molar-refractivity contribution in [1.82, 2.24) is 0 Å². The molecular weight excluding hydrogens is 346 g/mol. The average molecular weight is 367 g/mol. The molecule has 0 heterocycles. The van der Waals surface area contributed by atoms with E-state index in [2.05, 4.69) is 0 Å². The Labute approximate surface area is 154 Å². The summed E-state index contributed by atoms with van der Waals surface area (Å²) >= 11 is 0. The Morgan fingerprint density at radius 1 is 0.731 bits per heavy atom. The summed E-state index contributed by atoms with van der Waals surface area (Å²) < 4.78 is 33.0. The first-order valence-corrected chi connectivity index (χ1v) is 10.0. The Balaban J connectivity index is 1.76. The third kappa shape index (κ3) is 4.86. The fourth-order valence-electron chi connectivity index (χ4n) is 2.59. The van der Waals surface area contributed by atoms with Crippen LogP contribution in [0.25, 0.3) is 0 Å². The van der Waals surface area contributed by atoms with Crippen molar-refractivity contribution in [3.05, 3.63) is 96.6 Å². The zero-order valence-electron chi connectivity index (χ0n) is 14.4. The third-order valence-electron chi connectivity index (χ3n) is 3.90. The van der Waals surface area contributed by atoms with Crippen LogP contribution >= 0.6 is 0 Å². The smallest absolute Gasteiger partial charge is 0.238 e. The maximum Gasteiger partial charge on any atom is 0.238 e. The second-order valence-electron chi connectivity index (χ2n) is 5.81. The van der Waals surface area contributed by atoms with Gasteiger partial charge in [-0.1, -0.05) is 66.7 Å². The van der Waals surface area contributed by atoms with Crippen LogP contribution in [0.4, 0.5) is 5.69 Å². The highest BCUT2D eigenvalue weighted by Crippen LogP contribution is 2.21. The second-order valence-corrected chi connectivity index (χ2v) is 7.82. The second kappa shape index (κ2) is 8.54. The van der Waals surface area contributed by atoms with E-state index in [0.717, 1.165) is 5.56 Å². The number of hydrogen-bond donors (Lipinski definition) is 0. The molecule has 0 radical (unpaired) electrons. The van der Waals surface area contributed by atoms with E-state index in [9.17, 15) is 8.42 Å². The van der Waals surface area contributed by atoms with E-state index in [1.165, 1.54) is 4.31 Å². The fourth-order valence-corrected chi connectivity index (χ4v) is 3.89. The Bertz CT molecular complexity index is 898. The van der Waals surface area contributed by atoms with E-state index in [4.69, 9.17) is 4.74 Å². The zero-order chi connectivity index (χ0) is 18.2. The van der Waals surface area contributed by atoms with Gasteiger partial charge in [-0.15, -0.1) is 0 Å². The van der Waals surface area contributed by atoms with Crippen molar-refractivity contribution in [3.8, 4) is 5.75 Å². The van der Waals surface area contributed by atoms with Gasteiger partial charge in [0.1, 0.15) is 18.1 Å². The molecule has 0 atom stereocenters. The third-order valence-corrected chi connectivity index (χ3v) is 5.60. The van der Waals surface area contributed by atoms with Crippen LogP contribution in [0, 0.1) is 0 Å². The van der Waals surface area contributed by atoms with E-state index < -0.39 is 10.0 Å². The summed E-state index contributed by atoms with van der Waals surface area (Å²) in [6.07, 6.45) is 0. The average Bonchev–Trinajstić information content (AvgIpc) is 2.68. The number of hydrogen-bond acceptors (Lipinski definition) is 3. The van der Waals surface area contributed by atoms with E-state index in [-0.39, 0.29) is 12.4 Å². The van der Waals surface area contributed by atoms with Gasteiger partial charge >= 0.3 is 0 Å². The molecule has 134 valence electrons. The van der Waals surface area contributed by atoms with Crippen LogP contribution in [0.5, 0.6) is 5.75 Å². The van der Waals surface area contributed by atoms with Gasteiger partial charge in [0.2, 0.25) is 10.0 Å². The molecule has 5 heteroatoms. The summed E-state index contributed by atoms with van der Waals surface area (Å²) in [7, 11) is -3.54. The first kappa shape index (κ1) is 18.0. The molecule has 0 unspecified atom stereocenters. The Hall–Kier alpha value is -2.79. The Morgan fingerprint density at radius 2 is 1.27 bits per heavy atom. The number of rotatable bonds is 8. The topological polar surface area (TPSA) is 46.6 Å². The molecule has 3 aromatic rings. The van der Waals surface area contributed by atoms with E-state index >= 15 is 0 Å². The van der Waals surface area contributed by atoms with Crippen molar-refractivity contribution in [2.45, 2.75) is 6.54 Å². The van der Waals surface area contributed by atoms with Crippen molar-refractivity contribution in [2.75, 3.05) is 16.7 Å². The number of benzene rings is 3. The summed E-state index contributed by atoms with van der Waals surface area (Å²) in [4.78, 5) is 0. The lowest BCUT2D eigenvalue weighted by Crippen LogP contribution is -2.34. The molecule has 3 aromatic carbocycles. The molecule has 0 aliphatic carbocycles. The molecule has 0 aliphatic heterocycles. The highest BCUT2D eigenvalue weighted by Gasteiger charge is 2.22. The normalized spacial score (nSPS) is 11.1. The van der Waals surface area contributed by atoms with Crippen molar-refractivity contribution < 1.29 is 13.2 Å². The highest BCUT2D eigenvalue weighted by atomic mass is 32.2. The quantitative estimate of drug-likeness (QED) is 0.602. The zero-order valence-corrected chi connectivity index (χ0v) is 15.2. The first-order valence-electron chi connectivity index (χ1n) is 8.42. The lowest BCUT2D eigenvalue weighted by atomic mass is 10.2. The van der Waals surface area contributed by atoms with E-state index in [1.807, 2.05) is 78.9 Å². The van der Waals surface area contributed by atoms with Crippen LogP contribution in [-0.2, 0) is 16.6 Å². The van der Waals surface area contributed by atoms with Gasteiger partial charge in [0.25, 0.3) is 0 Å². The van der Waals surface area contributed by atoms with Crippen molar-refractivity contribution in [3.63, 3.8) is 0 Å². The number of ether oxygens (including phenoxy) is 1. The molecule has 26 heavy (non-hydrogen) atoms. The van der Waals surface area contributed by atoms with Gasteiger partial charge in [-0.05, 0) is 29.8 Å². The van der Waals surface area contributed by atoms with Crippen LogP contribution in [-0.4, -0.2) is 20.8 Å². The van der Waals surface area contributed by atoms with Crippen LogP contribution in [0.2, 0.25) is 0 Å². The summed E-state index contributed by atoms with van der Waals surface area (Å²) in [5.41, 5.74) is 1.58. The van der Waals surface area contributed by atoms with Crippen molar-refractivity contribution in [1.29, 1.82) is 0 Å². The monoisotopic (exact) mass is 367 g/mol. The van der Waals surface area contributed by atoms with Crippen LogP contribution < -0.4 is 9.04 Å². The van der Waals surface area contributed by atoms with Crippen LogP contribution in [0.15, 0.2) is 91.0 Å². The fraction of sp³-hybridized carbons (Fsp3) is 0.143. The van der Waals surface area contributed by atoms with Gasteiger partial charge in [-0.25, -0.2) is 8.42 Å². The molecule has 0 amide bonds. The molecular formula is C21H21NO3S. The summed E-state index contributed by atoms with van der Waals surface area (Å²) in [5.74, 6) is 0.570. The minimum atomic E-state index is -3.54. The predicted octanol–water partition coefficient (Wildman–Crippen LogP) is 4.10. The van der Waals surface area contributed by atoms with Gasteiger partial charge in [0, 0.05) is 0 Å². The number of para-hydroxylation sites is 2. The summed E-state index contributed by atoms with van der Waals surface area (Å²) in [6.45, 7) is 0.392. The molecule has 0 N–H and O–H groups in total. The Kier molecular flexibility index (Phi) is 5.92. The first-order chi connectivity index (χ1) is 12.6. The lowest BCUT2D eigenvalue weighted by molar-refractivity contribution is 0.340. The number of anilines is 1. The minimum Gasteiger partial charge on any atom is -0.492 e. The largest absolute Gasteiger partial charge is 0.492 e. The number of nitrogens with zero attached hydrogens (tertiary/aromatic N) is 1. The van der Waals surface area contributed by atoms with Crippen LogP contribution in [0.1, 0.15) is 5.56 Å². The maximum atomic E-state index is 13.0.